The van der Waals surface area contributed by atoms with E-state index in [0.29, 0.717) is 38.3 Å². The first-order valence-corrected chi connectivity index (χ1v) is 14.2. The molecule has 10 nitrogen and oxygen atoms in total. The average Bonchev–Trinajstić information content (AvgIpc) is 2.89. The van der Waals surface area contributed by atoms with Crippen LogP contribution >= 0.6 is 0 Å². The lowest BCUT2D eigenvalue weighted by Crippen LogP contribution is -2.43. The summed E-state index contributed by atoms with van der Waals surface area (Å²) in [5.74, 6) is -0.756. The second-order valence-corrected chi connectivity index (χ2v) is 12.2. The first kappa shape index (κ1) is 25.6. The van der Waals surface area contributed by atoms with Crippen LogP contribution in [-0.4, -0.2) is 77.9 Å². The van der Waals surface area contributed by atoms with Crippen molar-refractivity contribution in [2.75, 3.05) is 51.8 Å². The van der Waals surface area contributed by atoms with Gasteiger partial charge in [-0.2, -0.15) is 8.61 Å². The van der Waals surface area contributed by atoms with Crippen LogP contribution in [0.25, 0.3) is 0 Å². The zero-order valence-corrected chi connectivity index (χ0v) is 21.1. The zero-order valence-electron chi connectivity index (χ0n) is 19.4. The van der Waals surface area contributed by atoms with Crippen molar-refractivity contribution < 1.29 is 31.1 Å². The minimum Gasteiger partial charge on any atom is -0.495 e. The molecule has 1 atom stereocenters. The van der Waals surface area contributed by atoms with Crippen LogP contribution in [0.4, 0.5) is 5.69 Å². The van der Waals surface area contributed by atoms with Crippen LogP contribution in [0, 0.1) is 5.92 Å². The minimum atomic E-state index is -3.86. The van der Waals surface area contributed by atoms with Crippen LogP contribution in [0.15, 0.2) is 58.3 Å². The van der Waals surface area contributed by atoms with Crippen LogP contribution < -0.4 is 10.1 Å². The maximum absolute atomic E-state index is 13.2. The van der Waals surface area contributed by atoms with Crippen LogP contribution in [0.3, 0.4) is 0 Å². The molecule has 2 aliphatic heterocycles. The van der Waals surface area contributed by atoms with Crippen molar-refractivity contribution in [1.29, 1.82) is 0 Å². The Balaban J connectivity index is 1.51. The summed E-state index contributed by atoms with van der Waals surface area (Å²) < 4.78 is 65.6. The fourth-order valence-corrected chi connectivity index (χ4v) is 7.38. The molecule has 0 aromatic heterocycles. The molecule has 2 aromatic rings. The van der Waals surface area contributed by atoms with Crippen LogP contribution in [0.1, 0.15) is 12.8 Å². The second kappa shape index (κ2) is 10.6. The number of piperidine rings is 1. The third-order valence-corrected chi connectivity index (χ3v) is 9.95. The van der Waals surface area contributed by atoms with Crippen molar-refractivity contribution in [1.82, 2.24) is 8.61 Å². The highest BCUT2D eigenvalue weighted by Gasteiger charge is 2.34. The number of methoxy groups -OCH3 is 1. The molecule has 2 aromatic carbocycles. The summed E-state index contributed by atoms with van der Waals surface area (Å²) >= 11 is 0. The Morgan fingerprint density at radius 1 is 0.971 bits per heavy atom. The van der Waals surface area contributed by atoms with Gasteiger partial charge in [-0.05, 0) is 43.2 Å². The van der Waals surface area contributed by atoms with Crippen molar-refractivity contribution in [3.05, 3.63) is 48.5 Å². The number of morpholine rings is 1. The van der Waals surface area contributed by atoms with Gasteiger partial charge in [-0.25, -0.2) is 16.8 Å². The standard InChI is InChI=1S/C23H29N3O7S2/c1-32-21-10-9-19(16-22(21)35(30,31)25-12-14-33-15-13-25)24-23(27)18-6-5-11-26(17-18)34(28,29)20-7-3-2-4-8-20/h2-4,7-10,16,18H,5-6,11-15,17H2,1H3,(H,24,27)/t18-/m1/s1. The first-order chi connectivity index (χ1) is 16.7. The van der Waals surface area contributed by atoms with E-state index in [1.807, 2.05) is 0 Å². The Kier molecular flexibility index (Phi) is 7.77. The fourth-order valence-electron chi connectivity index (χ4n) is 4.24. The molecule has 0 saturated carbocycles. The van der Waals surface area contributed by atoms with Crippen molar-refractivity contribution in [3.63, 3.8) is 0 Å². The number of carbonyl (C=O) groups is 1. The molecule has 0 aliphatic carbocycles. The Morgan fingerprint density at radius 2 is 1.69 bits per heavy atom. The SMILES string of the molecule is COc1ccc(NC(=O)[C@@H]2CCCN(S(=O)(=O)c3ccccc3)C2)cc1S(=O)(=O)N1CCOCC1. The number of benzene rings is 2. The summed E-state index contributed by atoms with van der Waals surface area (Å²) in [6.45, 7) is 1.47. The molecular weight excluding hydrogens is 494 g/mol. The quantitative estimate of drug-likeness (QED) is 0.587. The van der Waals surface area contributed by atoms with Gasteiger partial charge < -0.3 is 14.8 Å². The zero-order chi connectivity index (χ0) is 25.1. The van der Waals surface area contributed by atoms with Crippen LogP contribution in [0.2, 0.25) is 0 Å². The molecule has 2 fully saturated rings. The maximum Gasteiger partial charge on any atom is 0.246 e. The average molecular weight is 524 g/mol. The fraction of sp³-hybridized carbons (Fsp3) is 0.435. The van der Waals surface area contributed by atoms with E-state index in [1.54, 1.807) is 24.3 Å². The van der Waals surface area contributed by atoms with Crippen molar-refractivity contribution in [3.8, 4) is 5.75 Å². The lowest BCUT2D eigenvalue weighted by atomic mass is 9.98. The normalized spacial score (nSPS) is 20.3. The van der Waals surface area contributed by atoms with Gasteiger partial charge in [-0.15, -0.1) is 0 Å². The summed E-state index contributed by atoms with van der Waals surface area (Å²) in [6.07, 6.45) is 1.07. The van der Waals surface area contributed by atoms with E-state index in [-0.39, 0.29) is 41.1 Å². The number of carbonyl (C=O) groups excluding carboxylic acids is 1. The molecule has 0 radical (unpaired) electrons. The number of ether oxygens (including phenoxy) is 2. The van der Waals surface area contributed by atoms with Gasteiger partial charge in [0.2, 0.25) is 26.0 Å². The van der Waals surface area contributed by atoms with Gasteiger partial charge >= 0.3 is 0 Å². The van der Waals surface area contributed by atoms with E-state index in [2.05, 4.69) is 5.32 Å². The van der Waals surface area contributed by atoms with Crippen molar-refractivity contribution in [2.45, 2.75) is 22.6 Å². The number of hydrogen-bond acceptors (Lipinski definition) is 7. The first-order valence-electron chi connectivity index (χ1n) is 11.4. The summed E-state index contributed by atoms with van der Waals surface area (Å²) in [6, 6.07) is 12.6. The highest BCUT2D eigenvalue weighted by molar-refractivity contribution is 7.89. The molecule has 0 bridgehead atoms. The molecule has 0 spiro atoms. The Morgan fingerprint density at radius 3 is 2.37 bits per heavy atom. The molecule has 2 saturated heterocycles. The van der Waals surface area contributed by atoms with Gasteiger partial charge in [0.1, 0.15) is 10.6 Å². The number of rotatable bonds is 7. The third kappa shape index (κ3) is 5.51. The number of amides is 1. The van der Waals surface area contributed by atoms with E-state index in [9.17, 15) is 21.6 Å². The molecule has 2 heterocycles. The maximum atomic E-state index is 13.2. The highest BCUT2D eigenvalue weighted by Crippen LogP contribution is 2.31. The predicted octanol–water partition coefficient (Wildman–Crippen LogP) is 1.76. The predicted molar refractivity (Wildman–Crippen MR) is 129 cm³/mol. The molecule has 35 heavy (non-hydrogen) atoms. The van der Waals surface area contributed by atoms with E-state index in [4.69, 9.17) is 9.47 Å². The Labute approximate surface area is 205 Å². The molecule has 0 unspecified atom stereocenters. The summed E-state index contributed by atoms with van der Waals surface area (Å²) in [4.78, 5) is 13.2. The molecular formula is C23H29N3O7S2. The highest BCUT2D eigenvalue weighted by atomic mass is 32.2. The molecule has 190 valence electrons. The molecule has 1 N–H and O–H groups in total. The molecule has 4 rings (SSSR count). The Bertz CT molecular complexity index is 1260. The van der Waals surface area contributed by atoms with Gasteiger partial charge in [-0.3, -0.25) is 4.79 Å². The van der Waals surface area contributed by atoms with Crippen LogP contribution in [0.5, 0.6) is 5.75 Å². The van der Waals surface area contributed by atoms with Gasteiger partial charge in [0, 0.05) is 31.9 Å². The third-order valence-electron chi connectivity index (χ3n) is 6.15. The number of anilines is 1. The van der Waals surface area contributed by atoms with E-state index in [1.165, 1.54) is 40.0 Å². The summed E-state index contributed by atoms with van der Waals surface area (Å²) in [5.41, 5.74) is 0.297. The van der Waals surface area contributed by atoms with E-state index >= 15 is 0 Å². The molecule has 12 heteroatoms. The minimum absolute atomic E-state index is 0.0448. The lowest BCUT2D eigenvalue weighted by Gasteiger charge is -2.31. The van der Waals surface area contributed by atoms with Crippen molar-refractivity contribution in [2.24, 2.45) is 5.92 Å². The van der Waals surface area contributed by atoms with Gasteiger partial charge in [0.05, 0.1) is 31.1 Å². The van der Waals surface area contributed by atoms with E-state index < -0.39 is 26.0 Å². The molecule has 2 aliphatic rings. The monoisotopic (exact) mass is 523 g/mol. The lowest BCUT2D eigenvalue weighted by molar-refractivity contribution is -0.120. The number of nitrogens with one attached hydrogen (secondary N) is 1. The van der Waals surface area contributed by atoms with Crippen molar-refractivity contribution >= 4 is 31.6 Å². The number of nitrogens with zero attached hydrogens (tertiary/aromatic N) is 2. The number of hydrogen-bond donors (Lipinski definition) is 1. The van der Waals surface area contributed by atoms with Crippen LogP contribution in [-0.2, 0) is 29.6 Å². The summed E-state index contributed by atoms with van der Waals surface area (Å²) in [7, 11) is -6.18. The van der Waals surface area contributed by atoms with Gasteiger partial charge in [-0.1, -0.05) is 18.2 Å². The van der Waals surface area contributed by atoms with Gasteiger partial charge in [0.25, 0.3) is 0 Å². The van der Waals surface area contributed by atoms with Gasteiger partial charge in [0.15, 0.2) is 0 Å². The topological polar surface area (TPSA) is 122 Å². The smallest absolute Gasteiger partial charge is 0.246 e. The second-order valence-electron chi connectivity index (χ2n) is 8.39. The Hall–Kier alpha value is -2.51. The van der Waals surface area contributed by atoms with E-state index in [0.717, 1.165) is 0 Å². The molecule has 1 amide bonds. The summed E-state index contributed by atoms with van der Waals surface area (Å²) in [5, 5.41) is 2.77. The number of sulfonamides is 2. The largest absolute Gasteiger partial charge is 0.495 e.